The standard InChI is InChI=1S/C26H23O9PS3.3Cs/c1-16-24(18-5-11-21(12-6-18)38(30,31)32)36-15-26(16,2)23(17-3-9-20(10-4-17)37(27,28)29)25(36)19-7-13-22(14-8-19)39(33,34)35;;;/h3-14H,15H2,1-2H3,(H,27,28,29)(H,30,31,32)(H,33,34,35);;;/q;3*+1/p-3. The molecule has 2 aliphatic heterocycles. The molecule has 0 aromatic heterocycles. The predicted octanol–water partition coefficient (Wildman–Crippen LogP) is -4.77. The van der Waals surface area contributed by atoms with Crippen LogP contribution in [0, 0.1) is 5.41 Å². The van der Waals surface area contributed by atoms with Crippen molar-refractivity contribution in [3.63, 3.8) is 0 Å². The third-order valence-electron chi connectivity index (χ3n) is 7.25. The Bertz CT molecular complexity index is 1910. The first-order valence-corrected chi connectivity index (χ1v) is 17.2. The minimum absolute atomic E-state index is 0. The Balaban J connectivity index is 0.00000205. The summed E-state index contributed by atoms with van der Waals surface area (Å²) in [5, 5.41) is 1.88. The van der Waals surface area contributed by atoms with Gasteiger partial charge >= 0.3 is 207 Å². The molecule has 0 saturated carbocycles. The molecular weight excluding hydrogens is 982 g/mol. The topological polar surface area (TPSA) is 172 Å². The molecule has 5 rings (SSSR count). The van der Waals surface area contributed by atoms with Crippen molar-refractivity contribution >= 4 is 54.5 Å². The van der Waals surface area contributed by atoms with E-state index in [-0.39, 0.29) is 221 Å². The third-order valence-corrected chi connectivity index (χ3v) is 12.9. The van der Waals surface area contributed by atoms with E-state index in [9.17, 15) is 38.9 Å². The first-order chi connectivity index (χ1) is 18.0. The zero-order valence-electron chi connectivity index (χ0n) is 23.5. The summed E-state index contributed by atoms with van der Waals surface area (Å²) in [6.07, 6.45) is 0.680. The van der Waals surface area contributed by atoms with Gasteiger partial charge in [-0.3, -0.25) is 0 Å². The number of benzene rings is 3. The molecule has 9 nitrogen and oxygen atoms in total. The van der Waals surface area contributed by atoms with Crippen LogP contribution in [0.25, 0.3) is 16.2 Å². The number of hydrogen-bond acceptors (Lipinski definition) is 9. The number of fused-ring (bicyclic) bond motifs is 2. The van der Waals surface area contributed by atoms with Gasteiger partial charge in [0.05, 0.1) is 14.7 Å². The van der Waals surface area contributed by atoms with Crippen molar-refractivity contribution in [2.45, 2.75) is 28.5 Å². The van der Waals surface area contributed by atoms with Crippen LogP contribution >= 0.6 is 7.92 Å². The Morgan fingerprint density at radius 1 is 0.571 bits per heavy atom. The predicted molar refractivity (Wildman–Crippen MR) is 143 cm³/mol. The fourth-order valence-electron chi connectivity index (χ4n) is 5.31. The summed E-state index contributed by atoms with van der Waals surface area (Å²) in [5.74, 6) is 0. The molecule has 2 atom stereocenters. The molecule has 0 saturated heterocycles. The van der Waals surface area contributed by atoms with Gasteiger partial charge < -0.3 is 13.7 Å². The van der Waals surface area contributed by atoms with Crippen LogP contribution in [0.3, 0.4) is 0 Å². The first-order valence-electron chi connectivity index (χ1n) is 11.4. The Kier molecular flexibility index (Phi) is 15.4. The van der Waals surface area contributed by atoms with Crippen LogP contribution in [0.2, 0.25) is 0 Å². The molecule has 0 spiro atoms. The number of hydrogen-bond donors (Lipinski definition) is 0. The SMILES string of the molecule is CC1=C(c2ccc(S(=O)(=O)[O-])cc2)P2CC1(C)C(c1ccc(S(=O)(=O)[O-])cc1)=C2c1ccc(S(=O)(=O)[O-])cc1.[Cs+].[Cs+].[Cs+]. The third kappa shape index (κ3) is 8.42. The summed E-state index contributed by atoms with van der Waals surface area (Å²) in [6.45, 7) is 4.01. The Labute approximate surface area is 423 Å². The quantitative estimate of drug-likeness (QED) is 0.174. The molecule has 2 heterocycles. The molecule has 0 aliphatic carbocycles. The van der Waals surface area contributed by atoms with Gasteiger partial charge in [-0.05, 0) is 90.3 Å². The van der Waals surface area contributed by atoms with Gasteiger partial charge in [0.1, 0.15) is 30.4 Å². The van der Waals surface area contributed by atoms with Crippen LogP contribution in [-0.2, 0) is 30.4 Å². The van der Waals surface area contributed by atoms with Gasteiger partial charge in [-0.25, -0.2) is 25.3 Å². The average Bonchev–Trinajstić information content (AvgIpc) is 3.30. The van der Waals surface area contributed by atoms with Crippen molar-refractivity contribution < 1.29 is 246 Å². The van der Waals surface area contributed by atoms with E-state index in [0.717, 1.165) is 27.3 Å². The van der Waals surface area contributed by atoms with E-state index in [0.29, 0.717) is 17.3 Å². The normalized spacial score (nSPS) is 20.1. The van der Waals surface area contributed by atoms with Gasteiger partial charge in [0, 0.05) is 5.41 Å². The summed E-state index contributed by atoms with van der Waals surface area (Å²) in [4.78, 5) is -1.08. The van der Waals surface area contributed by atoms with E-state index < -0.39 is 43.7 Å². The molecule has 3 aromatic rings. The summed E-state index contributed by atoms with van der Waals surface area (Å²) in [5.41, 5.74) is 3.50. The molecule has 3 aromatic carbocycles. The van der Waals surface area contributed by atoms with Crippen LogP contribution in [-0.4, -0.2) is 45.1 Å². The molecule has 16 heteroatoms. The molecule has 0 fully saturated rings. The molecule has 0 radical (unpaired) electrons. The average molecular weight is 1000 g/mol. The Hall–Kier alpha value is 3.46. The number of allylic oxidation sites excluding steroid dienone is 2. The first kappa shape index (κ1) is 41.6. The van der Waals surface area contributed by atoms with Crippen LogP contribution in [0.1, 0.15) is 30.5 Å². The van der Waals surface area contributed by atoms with E-state index in [4.69, 9.17) is 0 Å². The summed E-state index contributed by atoms with van der Waals surface area (Å²) in [6, 6.07) is 17.0. The van der Waals surface area contributed by atoms with Crippen LogP contribution in [0.15, 0.2) is 93.1 Å². The van der Waals surface area contributed by atoms with Crippen molar-refractivity contribution in [2.24, 2.45) is 5.41 Å². The fraction of sp³-hybridized carbons (Fsp3) is 0.154. The van der Waals surface area contributed by atoms with Crippen molar-refractivity contribution in [3.05, 3.63) is 95.1 Å². The second-order valence-corrected chi connectivity index (χ2v) is 15.8. The maximum atomic E-state index is 11.5. The van der Waals surface area contributed by atoms with Gasteiger partial charge in [0.2, 0.25) is 0 Å². The van der Waals surface area contributed by atoms with Crippen LogP contribution in [0.4, 0.5) is 0 Å². The van der Waals surface area contributed by atoms with Gasteiger partial charge in [-0.1, -0.05) is 48.9 Å². The second kappa shape index (κ2) is 15.6. The van der Waals surface area contributed by atoms with Gasteiger partial charge in [0.25, 0.3) is 0 Å². The minimum Gasteiger partial charge on any atom is -0.744 e. The maximum absolute atomic E-state index is 11.5. The van der Waals surface area contributed by atoms with Crippen LogP contribution < -0.4 is 207 Å². The summed E-state index contributed by atoms with van der Waals surface area (Å²) in [7, 11) is -15.0. The van der Waals surface area contributed by atoms with E-state index in [1.807, 2.05) is 13.8 Å². The molecule has 2 unspecified atom stereocenters. The monoisotopic (exact) mass is 1000 g/mol. The number of rotatable bonds is 6. The second-order valence-electron chi connectivity index (χ2n) is 9.55. The zero-order valence-corrected chi connectivity index (χ0v) is 45.7. The molecular formula is C26H20Cs3O9PS3. The minimum atomic E-state index is -4.66. The van der Waals surface area contributed by atoms with Crippen molar-refractivity contribution in [1.29, 1.82) is 0 Å². The van der Waals surface area contributed by atoms with Crippen LogP contribution in [0.5, 0.6) is 0 Å². The summed E-state index contributed by atoms with van der Waals surface area (Å²) >= 11 is 0. The smallest absolute Gasteiger partial charge is 0.744 e. The van der Waals surface area contributed by atoms with E-state index in [1.165, 1.54) is 36.4 Å². The fourth-order valence-corrected chi connectivity index (χ4v) is 10.5. The van der Waals surface area contributed by atoms with Gasteiger partial charge in [-0.15, -0.1) is 0 Å². The molecule has 42 heavy (non-hydrogen) atoms. The Morgan fingerprint density at radius 3 is 1.21 bits per heavy atom. The van der Waals surface area contributed by atoms with Crippen molar-refractivity contribution in [2.75, 3.05) is 6.16 Å². The molecule has 0 N–H and O–H groups in total. The van der Waals surface area contributed by atoms with E-state index in [2.05, 4.69) is 0 Å². The van der Waals surface area contributed by atoms with E-state index >= 15 is 0 Å². The molecule has 0 amide bonds. The maximum Gasteiger partial charge on any atom is 1.00 e. The molecule has 2 bridgehead atoms. The van der Waals surface area contributed by atoms with Gasteiger partial charge in [-0.2, -0.15) is 0 Å². The zero-order chi connectivity index (χ0) is 28.5. The molecule has 204 valence electrons. The van der Waals surface area contributed by atoms with E-state index in [1.54, 1.807) is 36.4 Å². The van der Waals surface area contributed by atoms with Crippen molar-refractivity contribution in [3.8, 4) is 0 Å². The van der Waals surface area contributed by atoms with Gasteiger partial charge in [0.15, 0.2) is 0 Å². The van der Waals surface area contributed by atoms with Crippen molar-refractivity contribution in [1.82, 2.24) is 0 Å². The summed E-state index contributed by atoms with van der Waals surface area (Å²) < 4.78 is 103. The molecule has 2 aliphatic rings. The largest absolute Gasteiger partial charge is 1.00 e. The Morgan fingerprint density at radius 2 is 0.881 bits per heavy atom.